The molecule has 0 radical (unpaired) electrons. The van der Waals surface area contributed by atoms with E-state index in [0.717, 1.165) is 84.4 Å². The van der Waals surface area contributed by atoms with Crippen LogP contribution in [0.1, 0.15) is 58.3 Å². The van der Waals surface area contributed by atoms with Gasteiger partial charge in [0, 0.05) is 59.8 Å². The second-order valence-corrected chi connectivity index (χ2v) is 7.99. The first kappa shape index (κ1) is 25.9. The Morgan fingerprint density at radius 3 is 2.54 bits per heavy atom. The van der Waals surface area contributed by atoms with E-state index in [9.17, 15) is 0 Å². The van der Waals surface area contributed by atoms with Gasteiger partial charge in [0.2, 0.25) is 0 Å². The van der Waals surface area contributed by atoms with E-state index >= 15 is 0 Å². The molecule has 1 aliphatic carbocycles. The molecular formula is C21H42IN3O3. The second-order valence-electron chi connectivity index (χ2n) is 7.99. The largest absolute Gasteiger partial charge is 0.382 e. The van der Waals surface area contributed by atoms with E-state index in [1.165, 1.54) is 25.7 Å². The van der Waals surface area contributed by atoms with Crippen molar-refractivity contribution >= 4 is 29.9 Å². The molecule has 6 nitrogen and oxygen atoms in total. The molecule has 0 aromatic heterocycles. The summed E-state index contributed by atoms with van der Waals surface area (Å²) in [5, 5.41) is 6.97. The maximum Gasteiger partial charge on any atom is 0.190 e. The number of hydrogen-bond acceptors (Lipinski definition) is 4. The molecule has 0 bridgehead atoms. The summed E-state index contributed by atoms with van der Waals surface area (Å²) in [5.74, 6) is 1.59. The molecule has 7 heteroatoms. The molecule has 0 unspecified atom stereocenters. The standard InChI is InChI=1S/C21H41N3O3.HI/c1-3-25-16-11-21(9-4-5-10-21)18-24-20(22-2)23-12-6-13-27-17-19-7-14-26-15-8-19;/h19H,3-18H2,1-2H3,(H2,22,23,24);1H. The van der Waals surface area contributed by atoms with Gasteiger partial charge < -0.3 is 24.8 Å². The molecule has 1 saturated carbocycles. The minimum Gasteiger partial charge on any atom is -0.382 e. The Balaban J connectivity index is 0.00000392. The van der Waals surface area contributed by atoms with Crippen LogP contribution in [0, 0.1) is 11.3 Å². The van der Waals surface area contributed by atoms with E-state index in [1.807, 2.05) is 7.05 Å². The summed E-state index contributed by atoms with van der Waals surface area (Å²) in [5.41, 5.74) is 0.375. The lowest BCUT2D eigenvalue weighted by Gasteiger charge is -2.30. The summed E-state index contributed by atoms with van der Waals surface area (Å²) in [6.07, 6.45) is 9.69. The maximum absolute atomic E-state index is 5.83. The molecule has 2 fully saturated rings. The lowest BCUT2D eigenvalue weighted by molar-refractivity contribution is 0.0203. The number of ether oxygens (including phenoxy) is 3. The number of rotatable bonds is 12. The fraction of sp³-hybridized carbons (Fsp3) is 0.952. The third-order valence-corrected chi connectivity index (χ3v) is 5.95. The quantitative estimate of drug-likeness (QED) is 0.182. The zero-order valence-electron chi connectivity index (χ0n) is 18.0. The Kier molecular flexibility index (Phi) is 14.5. The molecule has 0 aromatic carbocycles. The van der Waals surface area contributed by atoms with E-state index in [4.69, 9.17) is 14.2 Å². The van der Waals surface area contributed by atoms with Crippen LogP contribution in [0.15, 0.2) is 4.99 Å². The first-order valence-corrected chi connectivity index (χ1v) is 11.0. The zero-order chi connectivity index (χ0) is 19.2. The SMILES string of the molecule is CCOCCC1(CNC(=NC)NCCCOCC2CCOCC2)CCCC1.I. The number of nitrogens with zero attached hydrogens (tertiary/aromatic N) is 1. The summed E-state index contributed by atoms with van der Waals surface area (Å²) < 4.78 is 16.8. The molecule has 1 saturated heterocycles. The van der Waals surface area contributed by atoms with Gasteiger partial charge in [-0.2, -0.15) is 0 Å². The molecule has 0 aromatic rings. The van der Waals surface area contributed by atoms with Gasteiger partial charge in [0.15, 0.2) is 5.96 Å². The summed E-state index contributed by atoms with van der Waals surface area (Å²) in [4.78, 5) is 4.38. The molecule has 2 rings (SSSR count). The van der Waals surface area contributed by atoms with Crippen molar-refractivity contribution in [3.63, 3.8) is 0 Å². The van der Waals surface area contributed by atoms with Crippen LogP contribution in [0.25, 0.3) is 0 Å². The summed E-state index contributed by atoms with van der Waals surface area (Å²) in [7, 11) is 1.85. The highest BCUT2D eigenvalue weighted by Gasteiger charge is 2.33. The predicted octanol–water partition coefficient (Wildman–Crippen LogP) is 3.59. The van der Waals surface area contributed by atoms with Crippen molar-refractivity contribution in [1.29, 1.82) is 0 Å². The van der Waals surface area contributed by atoms with Gasteiger partial charge in [-0.25, -0.2) is 0 Å². The first-order chi connectivity index (χ1) is 13.3. The third kappa shape index (κ3) is 10.1. The third-order valence-electron chi connectivity index (χ3n) is 5.95. The number of hydrogen-bond donors (Lipinski definition) is 2. The number of guanidine groups is 1. The Morgan fingerprint density at radius 2 is 1.86 bits per heavy atom. The molecule has 1 aliphatic heterocycles. The van der Waals surface area contributed by atoms with E-state index in [-0.39, 0.29) is 24.0 Å². The average Bonchev–Trinajstić information content (AvgIpc) is 3.17. The van der Waals surface area contributed by atoms with Crippen LogP contribution < -0.4 is 10.6 Å². The minimum absolute atomic E-state index is 0. The monoisotopic (exact) mass is 511 g/mol. The van der Waals surface area contributed by atoms with Crippen molar-refractivity contribution in [1.82, 2.24) is 10.6 Å². The Bertz CT molecular complexity index is 412. The van der Waals surface area contributed by atoms with E-state index < -0.39 is 0 Å². The van der Waals surface area contributed by atoms with Crippen molar-refractivity contribution in [3.8, 4) is 0 Å². The second kappa shape index (κ2) is 15.7. The fourth-order valence-electron chi connectivity index (χ4n) is 4.11. The van der Waals surface area contributed by atoms with Gasteiger partial charge in [-0.1, -0.05) is 12.8 Å². The van der Waals surface area contributed by atoms with Gasteiger partial charge in [-0.05, 0) is 56.8 Å². The van der Waals surface area contributed by atoms with Crippen LogP contribution in [-0.4, -0.2) is 65.7 Å². The minimum atomic E-state index is 0. The van der Waals surface area contributed by atoms with E-state index in [0.29, 0.717) is 11.3 Å². The molecule has 166 valence electrons. The Morgan fingerprint density at radius 1 is 1.11 bits per heavy atom. The molecule has 0 amide bonds. The highest BCUT2D eigenvalue weighted by molar-refractivity contribution is 14.0. The molecule has 1 heterocycles. The van der Waals surface area contributed by atoms with Gasteiger partial charge in [0.1, 0.15) is 0 Å². The van der Waals surface area contributed by atoms with Crippen LogP contribution in [0.4, 0.5) is 0 Å². The lowest BCUT2D eigenvalue weighted by atomic mass is 9.83. The Hall–Kier alpha value is -0.120. The van der Waals surface area contributed by atoms with Gasteiger partial charge in [-0.15, -0.1) is 24.0 Å². The van der Waals surface area contributed by atoms with Crippen LogP contribution in [0.5, 0.6) is 0 Å². The van der Waals surface area contributed by atoms with Crippen LogP contribution in [0.2, 0.25) is 0 Å². The van der Waals surface area contributed by atoms with E-state index in [1.54, 1.807) is 0 Å². The van der Waals surface area contributed by atoms with Gasteiger partial charge >= 0.3 is 0 Å². The molecule has 2 aliphatic rings. The van der Waals surface area contributed by atoms with Gasteiger partial charge in [0.05, 0.1) is 0 Å². The molecule has 0 spiro atoms. The predicted molar refractivity (Wildman–Crippen MR) is 126 cm³/mol. The number of halogens is 1. The highest BCUT2D eigenvalue weighted by Crippen LogP contribution is 2.40. The van der Waals surface area contributed by atoms with Crippen molar-refractivity contribution in [2.45, 2.75) is 58.3 Å². The molecule has 28 heavy (non-hydrogen) atoms. The van der Waals surface area contributed by atoms with Crippen molar-refractivity contribution in [2.24, 2.45) is 16.3 Å². The van der Waals surface area contributed by atoms with Crippen LogP contribution in [0.3, 0.4) is 0 Å². The van der Waals surface area contributed by atoms with Gasteiger partial charge in [0.25, 0.3) is 0 Å². The van der Waals surface area contributed by atoms with E-state index in [2.05, 4.69) is 22.5 Å². The summed E-state index contributed by atoms with van der Waals surface area (Å²) in [6.45, 7) is 9.08. The van der Waals surface area contributed by atoms with Crippen LogP contribution >= 0.6 is 24.0 Å². The van der Waals surface area contributed by atoms with Gasteiger partial charge in [-0.3, -0.25) is 4.99 Å². The topological polar surface area (TPSA) is 64.1 Å². The fourth-order valence-corrected chi connectivity index (χ4v) is 4.11. The molecular weight excluding hydrogens is 469 g/mol. The molecule has 2 N–H and O–H groups in total. The number of nitrogens with one attached hydrogen (secondary N) is 2. The normalized spacial score (nSPS) is 20.0. The number of aliphatic imine (C=N–C) groups is 1. The van der Waals surface area contributed by atoms with Crippen LogP contribution in [-0.2, 0) is 14.2 Å². The summed E-state index contributed by atoms with van der Waals surface area (Å²) in [6, 6.07) is 0. The Labute approximate surface area is 189 Å². The van der Waals surface area contributed by atoms with Crippen molar-refractivity contribution in [3.05, 3.63) is 0 Å². The smallest absolute Gasteiger partial charge is 0.190 e. The maximum atomic E-state index is 5.83. The average molecular weight is 511 g/mol. The van der Waals surface area contributed by atoms with Crippen molar-refractivity contribution < 1.29 is 14.2 Å². The lowest BCUT2D eigenvalue weighted by Crippen LogP contribution is -2.43. The zero-order valence-corrected chi connectivity index (χ0v) is 20.3. The molecule has 0 atom stereocenters. The highest BCUT2D eigenvalue weighted by atomic mass is 127. The first-order valence-electron chi connectivity index (χ1n) is 11.0. The summed E-state index contributed by atoms with van der Waals surface area (Å²) >= 11 is 0. The van der Waals surface area contributed by atoms with Crippen molar-refractivity contribution in [2.75, 3.05) is 59.8 Å².